The Balaban J connectivity index is 1.63. The Morgan fingerprint density at radius 2 is 1.88 bits per heavy atom. The molecule has 2 atom stereocenters. The lowest BCUT2D eigenvalue weighted by Crippen LogP contribution is -2.39. The number of aromatic nitrogens is 2. The van der Waals surface area contributed by atoms with Crippen LogP contribution in [0.5, 0.6) is 0 Å². The molecule has 1 aromatic heterocycles. The minimum absolute atomic E-state index is 0.249. The molecule has 3 heterocycles. The monoisotopic (exact) mass is 329 g/mol. The summed E-state index contributed by atoms with van der Waals surface area (Å²) in [5, 5.41) is 0. The van der Waals surface area contributed by atoms with Crippen molar-refractivity contribution >= 4 is 17.7 Å². The smallest absolute Gasteiger partial charge is 0.227 e. The number of anilines is 2. The van der Waals surface area contributed by atoms with Crippen LogP contribution in [0.3, 0.4) is 0 Å². The molecule has 0 aromatic carbocycles. The SMILES string of the molecule is C[C@@H]1C[C@@H]1C(=O)N1CCc2nc(N3CCCC3)nc(N(C)C)c2C1. The first kappa shape index (κ1) is 15.7. The summed E-state index contributed by atoms with van der Waals surface area (Å²) in [5.41, 5.74) is 2.26. The summed E-state index contributed by atoms with van der Waals surface area (Å²) >= 11 is 0. The standard InChI is InChI=1S/C18H27N5O/c1-12-10-13(12)17(24)23-9-6-15-14(11-23)16(21(2)3)20-18(19-15)22-7-4-5-8-22/h12-13H,4-11H2,1-3H3/t12-,13+/m1/s1. The lowest BCUT2D eigenvalue weighted by atomic mass is 10.0. The maximum absolute atomic E-state index is 12.6. The van der Waals surface area contributed by atoms with E-state index in [-0.39, 0.29) is 5.92 Å². The fourth-order valence-corrected chi connectivity index (χ4v) is 3.90. The van der Waals surface area contributed by atoms with Gasteiger partial charge in [0.1, 0.15) is 5.82 Å². The first-order valence-corrected chi connectivity index (χ1v) is 9.15. The number of hydrogen-bond acceptors (Lipinski definition) is 5. The minimum atomic E-state index is 0.249. The van der Waals surface area contributed by atoms with Crippen LogP contribution in [-0.4, -0.2) is 54.5 Å². The zero-order valence-corrected chi connectivity index (χ0v) is 15.0. The van der Waals surface area contributed by atoms with Gasteiger partial charge in [-0.3, -0.25) is 4.79 Å². The molecule has 0 N–H and O–H groups in total. The molecule has 0 unspecified atom stereocenters. The molecule has 130 valence electrons. The molecule has 1 amide bonds. The lowest BCUT2D eigenvalue weighted by molar-refractivity contribution is -0.133. The zero-order chi connectivity index (χ0) is 16.8. The number of carbonyl (C=O) groups is 1. The second kappa shape index (κ2) is 5.90. The van der Waals surface area contributed by atoms with E-state index in [0.29, 0.717) is 18.4 Å². The Morgan fingerprint density at radius 1 is 1.17 bits per heavy atom. The molecule has 2 fully saturated rings. The molecule has 6 heteroatoms. The molecule has 0 bridgehead atoms. The highest BCUT2D eigenvalue weighted by atomic mass is 16.2. The normalized spacial score (nSPS) is 25.6. The predicted molar refractivity (Wildman–Crippen MR) is 94.2 cm³/mol. The Bertz CT molecular complexity index is 653. The molecule has 3 aliphatic rings. The van der Waals surface area contributed by atoms with E-state index in [1.807, 2.05) is 19.0 Å². The third kappa shape index (κ3) is 2.72. The Labute approximate surface area is 143 Å². The van der Waals surface area contributed by atoms with E-state index in [1.54, 1.807) is 0 Å². The van der Waals surface area contributed by atoms with Gasteiger partial charge in [0.2, 0.25) is 11.9 Å². The Hall–Kier alpha value is -1.85. The van der Waals surface area contributed by atoms with Crippen molar-refractivity contribution in [3.8, 4) is 0 Å². The van der Waals surface area contributed by atoms with E-state index in [0.717, 1.165) is 55.5 Å². The molecule has 1 aliphatic carbocycles. The van der Waals surface area contributed by atoms with Gasteiger partial charge in [-0.15, -0.1) is 0 Å². The Kier molecular flexibility index (Phi) is 3.85. The molecule has 6 nitrogen and oxygen atoms in total. The minimum Gasteiger partial charge on any atom is -0.362 e. The van der Waals surface area contributed by atoms with Gasteiger partial charge < -0.3 is 14.7 Å². The molecule has 0 spiro atoms. The summed E-state index contributed by atoms with van der Waals surface area (Å²) in [7, 11) is 4.06. The summed E-state index contributed by atoms with van der Waals surface area (Å²) in [6, 6.07) is 0. The van der Waals surface area contributed by atoms with Gasteiger partial charge in [-0.2, -0.15) is 4.98 Å². The van der Waals surface area contributed by atoms with Crippen molar-refractivity contribution in [2.45, 2.75) is 39.2 Å². The summed E-state index contributed by atoms with van der Waals surface area (Å²) in [6.07, 6.45) is 4.33. The van der Waals surface area contributed by atoms with Crippen molar-refractivity contribution in [3.63, 3.8) is 0 Å². The van der Waals surface area contributed by atoms with Crippen LogP contribution in [0.1, 0.15) is 37.4 Å². The molecular formula is C18H27N5O. The average molecular weight is 329 g/mol. The van der Waals surface area contributed by atoms with Crippen molar-refractivity contribution in [1.82, 2.24) is 14.9 Å². The quantitative estimate of drug-likeness (QED) is 0.844. The summed E-state index contributed by atoms with van der Waals surface area (Å²) < 4.78 is 0. The molecule has 2 aliphatic heterocycles. The van der Waals surface area contributed by atoms with Gasteiger partial charge in [0.05, 0.1) is 12.2 Å². The second-order valence-corrected chi connectivity index (χ2v) is 7.69. The molecule has 0 radical (unpaired) electrons. The van der Waals surface area contributed by atoms with E-state index < -0.39 is 0 Å². The van der Waals surface area contributed by atoms with Crippen LogP contribution in [0.4, 0.5) is 11.8 Å². The number of fused-ring (bicyclic) bond motifs is 1. The van der Waals surface area contributed by atoms with Gasteiger partial charge >= 0.3 is 0 Å². The van der Waals surface area contributed by atoms with E-state index in [1.165, 1.54) is 12.8 Å². The molecule has 1 saturated carbocycles. The topological polar surface area (TPSA) is 52.6 Å². The molecular weight excluding hydrogens is 302 g/mol. The summed E-state index contributed by atoms with van der Waals surface area (Å²) in [5.74, 6) is 2.97. The third-order valence-electron chi connectivity index (χ3n) is 5.58. The van der Waals surface area contributed by atoms with Crippen LogP contribution in [0.15, 0.2) is 0 Å². The zero-order valence-electron chi connectivity index (χ0n) is 15.0. The largest absolute Gasteiger partial charge is 0.362 e. The first-order chi connectivity index (χ1) is 11.5. The van der Waals surface area contributed by atoms with Crippen molar-refractivity contribution in [2.24, 2.45) is 11.8 Å². The summed E-state index contributed by atoms with van der Waals surface area (Å²) in [6.45, 7) is 5.71. The first-order valence-electron chi connectivity index (χ1n) is 9.15. The molecule has 1 aromatic rings. The van der Waals surface area contributed by atoms with Gasteiger partial charge in [-0.1, -0.05) is 6.92 Å². The molecule has 1 saturated heterocycles. The Morgan fingerprint density at radius 3 is 2.50 bits per heavy atom. The van der Waals surface area contributed by atoms with Gasteiger partial charge in [0.25, 0.3) is 0 Å². The number of carbonyl (C=O) groups excluding carboxylic acids is 1. The van der Waals surface area contributed by atoms with Crippen molar-refractivity contribution < 1.29 is 4.79 Å². The number of rotatable bonds is 3. The van der Waals surface area contributed by atoms with Gasteiger partial charge in [-0.25, -0.2) is 4.98 Å². The third-order valence-corrected chi connectivity index (χ3v) is 5.58. The fraction of sp³-hybridized carbons (Fsp3) is 0.722. The number of amides is 1. The number of hydrogen-bond donors (Lipinski definition) is 0. The molecule has 24 heavy (non-hydrogen) atoms. The van der Waals surface area contributed by atoms with E-state index in [2.05, 4.69) is 16.7 Å². The molecule has 4 rings (SSSR count). The van der Waals surface area contributed by atoms with E-state index in [9.17, 15) is 4.79 Å². The van der Waals surface area contributed by atoms with Crippen molar-refractivity contribution in [1.29, 1.82) is 0 Å². The van der Waals surface area contributed by atoms with Crippen molar-refractivity contribution in [2.75, 3.05) is 43.5 Å². The number of nitrogens with zero attached hydrogens (tertiary/aromatic N) is 5. The van der Waals surface area contributed by atoms with Crippen LogP contribution < -0.4 is 9.80 Å². The van der Waals surface area contributed by atoms with E-state index in [4.69, 9.17) is 9.97 Å². The van der Waals surface area contributed by atoms with Gasteiger partial charge in [-0.05, 0) is 25.2 Å². The average Bonchev–Trinajstić information content (AvgIpc) is 3.08. The van der Waals surface area contributed by atoms with Crippen LogP contribution in [0.2, 0.25) is 0 Å². The predicted octanol–water partition coefficient (Wildman–Crippen LogP) is 1.68. The van der Waals surface area contributed by atoms with Crippen LogP contribution in [-0.2, 0) is 17.8 Å². The van der Waals surface area contributed by atoms with Gasteiger partial charge in [0, 0.05) is 51.6 Å². The van der Waals surface area contributed by atoms with Crippen LogP contribution >= 0.6 is 0 Å². The van der Waals surface area contributed by atoms with Crippen LogP contribution in [0, 0.1) is 11.8 Å². The highest BCUT2D eigenvalue weighted by molar-refractivity contribution is 5.82. The van der Waals surface area contributed by atoms with Gasteiger partial charge in [0.15, 0.2) is 0 Å². The van der Waals surface area contributed by atoms with Crippen molar-refractivity contribution in [3.05, 3.63) is 11.3 Å². The van der Waals surface area contributed by atoms with Crippen LogP contribution in [0.25, 0.3) is 0 Å². The van der Waals surface area contributed by atoms with E-state index >= 15 is 0 Å². The maximum atomic E-state index is 12.6. The summed E-state index contributed by atoms with van der Waals surface area (Å²) in [4.78, 5) is 28.7. The lowest BCUT2D eigenvalue weighted by Gasteiger charge is -2.32. The second-order valence-electron chi connectivity index (χ2n) is 7.69. The maximum Gasteiger partial charge on any atom is 0.227 e. The highest BCUT2D eigenvalue weighted by Crippen LogP contribution is 2.40. The fourth-order valence-electron chi connectivity index (χ4n) is 3.90. The highest BCUT2D eigenvalue weighted by Gasteiger charge is 2.42.